The first-order valence-electron chi connectivity index (χ1n) is 7.71. The van der Waals surface area contributed by atoms with Crippen LogP contribution in [0.1, 0.15) is 25.6 Å². The Bertz CT molecular complexity index is 533. The van der Waals surface area contributed by atoms with Crippen molar-refractivity contribution in [3.63, 3.8) is 0 Å². The Hall–Kier alpha value is -0.920. The average Bonchev–Trinajstić information content (AvgIpc) is 2.89. The number of piperazine rings is 1. The Balaban J connectivity index is 1.77. The van der Waals surface area contributed by atoms with E-state index in [1.54, 1.807) is 4.31 Å². The van der Waals surface area contributed by atoms with Gasteiger partial charge in [-0.15, -0.1) is 0 Å². The Morgan fingerprint density at radius 1 is 1.19 bits per heavy atom. The summed E-state index contributed by atoms with van der Waals surface area (Å²) in [5.74, 6) is 1.31. The molecule has 0 N–H and O–H groups in total. The van der Waals surface area contributed by atoms with Crippen molar-refractivity contribution in [2.45, 2.75) is 33.2 Å². The number of aryl methyl sites for hydroxylation is 1. The Labute approximate surface area is 127 Å². The van der Waals surface area contributed by atoms with Crippen LogP contribution in [0.2, 0.25) is 0 Å². The number of sulfonamides is 1. The number of aromatic nitrogens is 2. The summed E-state index contributed by atoms with van der Waals surface area (Å²) >= 11 is 0. The second-order valence-electron chi connectivity index (χ2n) is 5.58. The normalized spacial score (nSPS) is 18.2. The molecule has 2 heterocycles. The molecule has 120 valence electrons. The molecule has 1 aliphatic heterocycles. The van der Waals surface area contributed by atoms with E-state index in [9.17, 15) is 8.42 Å². The lowest BCUT2D eigenvalue weighted by molar-refractivity contribution is 0.182. The van der Waals surface area contributed by atoms with Crippen LogP contribution >= 0.6 is 0 Å². The first-order valence-corrected chi connectivity index (χ1v) is 9.32. The van der Waals surface area contributed by atoms with Crippen LogP contribution in [-0.2, 0) is 16.6 Å². The molecule has 0 spiro atoms. The Morgan fingerprint density at radius 2 is 1.90 bits per heavy atom. The van der Waals surface area contributed by atoms with Crippen LogP contribution in [0.25, 0.3) is 0 Å². The fourth-order valence-corrected chi connectivity index (χ4v) is 4.21. The summed E-state index contributed by atoms with van der Waals surface area (Å²) in [6, 6.07) is 0. The van der Waals surface area contributed by atoms with Gasteiger partial charge in [-0.1, -0.05) is 13.3 Å². The summed E-state index contributed by atoms with van der Waals surface area (Å²) < 4.78 is 28.1. The molecular weight excluding hydrogens is 288 g/mol. The van der Waals surface area contributed by atoms with Crippen molar-refractivity contribution in [3.8, 4) is 0 Å². The first kappa shape index (κ1) is 16.5. The third kappa shape index (κ3) is 4.52. The van der Waals surface area contributed by atoms with Gasteiger partial charge in [0.05, 0.1) is 5.75 Å². The van der Waals surface area contributed by atoms with Crippen molar-refractivity contribution >= 4 is 10.0 Å². The van der Waals surface area contributed by atoms with E-state index in [0.29, 0.717) is 13.1 Å². The van der Waals surface area contributed by atoms with E-state index in [2.05, 4.69) is 14.5 Å². The quantitative estimate of drug-likeness (QED) is 0.751. The number of rotatable bonds is 7. The molecule has 1 saturated heterocycles. The SMILES string of the molecule is CCCCS(=O)(=O)N1CCN(CCn2ccnc2C)CC1. The van der Waals surface area contributed by atoms with Gasteiger partial charge in [-0.05, 0) is 13.3 Å². The number of nitrogens with zero attached hydrogens (tertiary/aromatic N) is 4. The second kappa shape index (κ2) is 7.38. The maximum absolute atomic E-state index is 12.1. The number of hydrogen-bond acceptors (Lipinski definition) is 4. The summed E-state index contributed by atoms with van der Waals surface area (Å²) in [7, 11) is -3.04. The molecule has 0 bridgehead atoms. The highest BCUT2D eigenvalue weighted by molar-refractivity contribution is 7.89. The molecule has 0 radical (unpaired) electrons. The van der Waals surface area contributed by atoms with Crippen molar-refractivity contribution in [2.75, 3.05) is 38.5 Å². The zero-order valence-corrected chi connectivity index (χ0v) is 13.8. The summed E-state index contributed by atoms with van der Waals surface area (Å²) in [4.78, 5) is 6.53. The Kier molecular flexibility index (Phi) is 5.78. The molecular formula is C14H26N4O2S. The minimum atomic E-state index is -3.04. The van der Waals surface area contributed by atoms with Crippen molar-refractivity contribution < 1.29 is 8.42 Å². The van der Waals surface area contributed by atoms with Gasteiger partial charge in [0.25, 0.3) is 0 Å². The monoisotopic (exact) mass is 314 g/mol. The lowest BCUT2D eigenvalue weighted by Crippen LogP contribution is -2.49. The van der Waals surface area contributed by atoms with Crippen LogP contribution in [0.5, 0.6) is 0 Å². The molecule has 0 saturated carbocycles. The molecule has 1 fully saturated rings. The molecule has 1 aromatic heterocycles. The molecule has 0 amide bonds. The van der Waals surface area contributed by atoms with Gasteiger partial charge in [0.1, 0.15) is 5.82 Å². The number of imidazole rings is 1. The van der Waals surface area contributed by atoms with Gasteiger partial charge in [0.2, 0.25) is 10.0 Å². The molecule has 0 aliphatic carbocycles. The minimum absolute atomic E-state index is 0.289. The molecule has 0 unspecified atom stereocenters. The fraction of sp³-hybridized carbons (Fsp3) is 0.786. The molecule has 7 heteroatoms. The van der Waals surface area contributed by atoms with Crippen LogP contribution in [0.15, 0.2) is 12.4 Å². The molecule has 0 atom stereocenters. The average molecular weight is 314 g/mol. The van der Waals surface area contributed by atoms with Gasteiger partial charge in [0, 0.05) is 51.7 Å². The van der Waals surface area contributed by atoms with E-state index in [4.69, 9.17) is 0 Å². The summed E-state index contributed by atoms with van der Waals surface area (Å²) in [5.41, 5.74) is 0. The molecule has 21 heavy (non-hydrogen) atoms. The fourth-order valence-electron chi connectivity index (χ4n) is 2.58. The van der Waals surface area contributed by atoms with Crippen LogP contribution in [-0.4, -0.2) is 65.7 Å². The number of unbranched alkanes of at least 4 members (excludes halogenated alkanes) is 1. The highest BCUT2D eigenvalue weighted by Gasteiger charge is 2.26. The van der Waals surface area contributed by atoms with Crippen molar-refractivity contribution in [1.82, 2.24) is 18.8 Å². The predicted octanol–water partition coefficient (Wildman–Crippen LogP) is 0.939. The third-order valence-corrected chi connectivity index (χ3v) is 6.02. The molecule has 2 rings (SSSR count). The van der Waals surface area contributed by atoms with Crippen LogP contribution in [0.4, 0.5) is 0 Å². The van der Waals surface area contributed by atoms with Crippen molar-refractivity contribution in [3.05, 3.63) is 18.2 Å². The van der Waals surface area contributed by atoms with Gasteiger partial charge in [-0.2, -0.15) is 4.31 Å². The van der Waals surface area contributed by atoms with Crippen LogP contribution in [0, 0.1) is 6.92 Å². The highest BCUT2D eigenvalue weighted by atomic mass is 32.2. The van der Waals surface area contributed by atoms with E-state index in [0.717, 1.165) is 44.8 Å². The van der Waals surface area contributed by atoms with E-state index in [1.807, 2.05) is 26.2 Å². The number of hydrogen-bond donors (Lipinski definition) is 0. The first-order chi connectivity index (χ1) is 10.0. The van der Waals surface area contributed by atoms with E-state index in [1.165, 1.54) is 0 Å². The summed E-state index contributed by atoms with van der Waals surface area (Å²) in [5, 5.41) is 0. The lowest BCUT2D eigenvalue weighted by Gasteiger charge is -2.34. The third-order valence-electron chi connectivity index (χ3n) is 4.06. The minimum Gasteiger partial charge on any atom is -0.334 e. The van der Waals surface area contributed by atoms with Gasteiger partial charge >= 0.3 is 0 Å². The zero-order chi connectivity index (χ0) is 15.3. The molecule has 1 aromatic rings. The zero-order valence-electron chi connectivity index (χ0n) is 13.0. The predicted molar refractivity (Wildman–Crippen MR) is 83.7 cm³/mol. The van der Waals surface area contributed by atoms with Crippen LogP contribution < -0.4 is 0 Å². The van der Waals surface area contributed by atoms with Crippen molar-refractivity contribution in [2.24, 2.45) is 0 Å². The van der Waals surface area contributed by atoms with Gasteiger partial charge in [-0.25, -0.2) is 13.4 Å². The van der Waals surface area contributed by atoms with Crippen LogP contribution in [0.3, 0.4) is 0 Å². The summed E-state index contributed by atoms with van der Waals surface area (Å²) in [6.45, 7) is 8.75. The second-order valence-corrected chi connectivity index (χ2v) is 7.67. The van der Waals surface area contributed by atoms with Gasteiger partial charge in [-0.3, -0.25) is 4.90 Å². The highest BCUT2D eigenvalue weighted by Crippen LogP contribution is 2.10. The lowest BCUT2D eigenvalue weighted by atomic mass is 10.3. The van der Waals surface area contributed by atoms with E-state index in [-0.39, 0.29) is 5.75 Å². The largest absolute Gasteiger partial charge is 0.334 e. The Morgan fingerprint density at radius 3 is 2.48 bits per heavy atom. The summed E-state index contributed by atoms with van der Waals surface area (Å²) in [6.07, 6.45) is 5.47. The maximum Gasteiger partial charge on any atom is 0.214 e. The van der Waals surface area contributed by atoms with Crippen molar-refractivity contribution in [1.29, 1.82) is 0 Å². The standard InChI is InChI=1S/C14H26N4O2S/c1-3-4-13-21(19,20)18-11-8-16(9-12-18)7-10-17-6-5-15-14(17)2/h5-6H,3-4,7-13H2,1-2H3. The van der Waals surface area contributed by atoms with Gasteiger partial charge in [0.15, 0.2) is 0 Å². The topological polar surface area (TPSA) is 58.4 Å². The van der Waals surface area contributed by atoms with E-state index < -0.39 is 10.0 Å². The molecule has 0 aromatic carbocycles. The van der Waals surface area contributed by atoms with E-state index >= 15 is 0 Å². The smallest absolute Gasteiger partial charge is 0.214 e. The van der Waals surface area contributed by atoms with Gasteiger partial charge < -0.3 is 4.57 Å². The molecule has 6 nitrogen and oxygen atoms in total. The maximum atomic E-state index is 12.1. The molecule has 1 aliphatic rings.